The third-order valence-electron chi connectivity index (χ3n) is 4.28. The van der Waals surface area contributed by atoms with Crippen LogP contribution in [0.25, 0.3) is 0 Å². The van der Waals surface area contributed by atoms with Crippen LogP contribution in [0.2, 0.25) is 0 Å². The fourth-order valence-corrected chi connectivity index (χ4v) is 3.98. The third kappa shape index (κ3) is 3.34. The predicted molar refractivity (Wildman–Crippen MR) is 95.4 cm³/mol. The van der Waals surface area contributed by atoms with E-state index in [1.54, 1.807) is 29.0 Å². The fraction of sp³-hybridized carbons (Fsp3) is 0.412. The molecule has 1 N–H and O–H groups in total. The summed E-state index contributed by atoms with van der Waals surface area (Å²) >= 11 is 1.23. The molecule has 0 unspecified atom stereocenters. The van der Waals surface area contributed by atoms with Crippen LogP contribution < -0.4 is 4.90 Å². The van der Waals surface area contributed by atoms with E-state index in [0.29, 0.717) is 28.6 Å². The summed E-state index contributed by atoms with van der Waals surface area (Å²) in [5.74, 6) is -0.470. The summed E-state index contributed by atoms with van der Waals surface area (Å²) in [7, 11) is 3.70. The molecule has 0 aliphatic carbocycles. The molecule has 3 heterocycles. The molecule has 7 nitrogen and oxygen atoms in total. The molecule has 0 radical (unpaired) electrons. The van der Waals surface area contributed by atoms with Crippen LogP contribution in [0, 0.1) is 6.92 Å². The summed E-state index contributed by atoms with van der Waals surface area (Å²) in [6.45, 7) is 2.46. The van der Waals surface area contributed by atoms with Crippen molar-refractivity contribution in [3.63, 3.8) is 0 Å². The Labute approximate surface area is 149 Å². The Morgan fingerprint density at radius 3 is 2.72 bits per heavy atom. The number of amides is 1. The van der Waals surface area contributed by atoms with Gasteiger partial charge < -0.3 is 14.9 Å². The summed E-state index contributed by atoms with van der Waals surface area (Å²) in [5.41, 5.74) is 1.14. The molecular formula is C17H20N4O3S. The molecule has 1 fully saturated rings. The minimum absolute atomic E-state index is 0.0847. The molecule has 0 aromatic carbocycles. The van der Waals surface area contributed by atoms with Gasteiger partial charge in [0, 0.05) is 31.7 Å². The van der Waals surface area contributed by atoms with Crippen molar-refractivity contribution in [3.05, 3.63) is 39.3 Å². The van der Waals surface area contributed by atoms with Gasteiger partial charge in [0.05, 0.1) is 17.3 Å². The number of nitrogens with zero attached hydrogens (tertiary/aromatic N) is 4. The smallest absolute Gasteiger partial charge is 0.345 e. The molecular weight excluding hydrogens is 340 g/mol. The van der Waals surface area contributed by atoms with Crippen molar-refractivity contribution < 1.29 is 14.7 Å². The van der Waals surface area contributed by atoms with E-state index in [4.69, 9.17) is 5.11 Å². The number of aryl methyl sites for hydroxylation is 1. The van der Waals surface area contributed by atoms with Crippen LogP contribution in [0.15, 0.2) is 18.3 Å². The molecule has 0 spiro atoms. The first-order valence-corrected chi connectivity index (χ1v) is 8.85. The zero-order chi connectivity index (χ0) is 18.1. The molecule has 8 heteroatoms. The van der Waals surface area contributed by atoms with Gasteiger partial charge in [-0.25, -0.2) is 14.8 Å². The Kier molecular flexibility index (Phi) is 4.71. The van der Waals surface area contributed by atoms with E-state index < -0.39 is 5.97 Å². The average molecular weight is 360 g/mol. The van der Waals surface area contributed by atoms with E-state index in [0.717, 1.165) is 17.7 Å². The fourth-order valence-electron chi connectivity index (χ4n) is 2.99. The van der Waals surface area contributed by atoms with Gasteiger partial charge in [-0.15, -0.1) is 11.3 Å². The quantitative estimate of drug-likeness (QED) is 0.902. The molecule has 25 heavy (non-hydrogen) atoms. The van der Waals surface area contributed by atoms with Gasteiger partial charge in [-0.1, -0.05) is 0 Å². The number of anilines is 1. The van der Waals surface area contributed by atoms with Crippen LogP contribution in [0.1, 0.15) is 49.5 Å². The van der Waals surface area contributed by atoms with Gasteiger partial charge in [-0.05, 0) is 31.9 Å². The number of carbonyl (C=O) groups excluding carboxylic acids is 1. The third-order valence-corrected chi connectivity index (χ3v) is 5.45. The maximum atomic E-state index is 13.0. The normalized spacial score (nSPS) is 16.9. The van der Waals surface area contributed by atoms with E-state index in [1.807, 2.05) is 20.2 Å². The Bertz CT molecular complexity index is 818. The first-order chi connectivity index (χ1) is 11.9. The summed E-state index contributed by atoms with van der Waals surface area (Å²) in [6, 6.07) is 3.32. The highest BCUT2D eigenvalue weighted by atomic mass is 32.1. The molecule has 132 valence electrons. The maximum absolute atomic E-state index is 13.0. The van der Waals surface area contributed by atoms with Gasteiger partial charge in [0.1, 0.15) is 4.88 Å². The van der Waals surface area contributed by atoms with Crippen LogP contribution in [0.4, 0.5) is 5.95 Å². The van der Waals surface area contributed by atoms with E-state index in [-0.39, 0.29) is 11.9 Å². The highest BCUT2D eigenvalue weighted by molar-refractivity contribution is 7.14. The molecule has 3 rings (SSSR count). The van der Waals surface area contributed by atoms with Crippen molar-refractivity contribution in [1.29, 1.82) is 0 Å². The molecule has 1 amide bonds. The molecule has 2 aromatic rings. The Morgan fingerprint density at radius 2 is 2.12 bits per heavy atom. The number of hydrogen-bond donors (Lipinski definition) is 1. The number of aromatic nitrogens is 2. The number of carboxylic acids is 1. The van der Waals surface area contributed by atoms with Crippen LogP contribution in [0.5, 0.6) is 0 Å². The van der Waals surface area contributed by atoms with Crippen molar-refractivity contribution >= 4 is 29.2 Å². The highest BCUT2D eigenvalue weighted by Crippen LogP contribution is 2.37. The van der Waals surface area contributed by atoms with Crippen LogP contribution in [-0.4, -0.2) is 52.5 Å². The van der Waals surface area contributed by atoms with E-state index in [1.165, 1.54) is 11.3 Å². The van der Waals surface area contributed by atoms with Crippen LogP contribution in [-0.2, 0) is 0 Å². The Morgan fingerprint density at radius 1 is 1.36 bits per heavy atom. The number of rotatable bonds is 4. The van der Waals surface area contributed by atoms with E-state index >= 15 is 0 Å². The van der Waals surface area contributed by atoms with Crippen molar-refractivity contribution in [2.45, 2.75) is 25.8 Å². The molecule has 1 atom stereocenters. The number of thiophene rings is 1. The Hall–Kier alpha value is -2.48. The number of hydrogen-bond acceptors (Lipinski definition) is 6. The van der Waals surface area contributed by atoms with Crippen molar-refractivity contribution in [3.8, 4) is 0 Å². The lowest BCUT2D eigenvalue weighted by molar-refractivity contribution is 0.0700. The van der Waals surface area contributed by atoms with E-state index in [2.05, 4.69) is 9.97 Å². The zero-order valence-corrected chi connectivity index (χ0v) is 15.2. The summed E-state index contributed by atoms with van der Waals surface area (Å²) in [6.07, 6.45) is 3.31. The first kappa shape index (κ1) is 17.3. The zero-order valence-electron chi connectivity index (χ0n) is 14.4. The summed E-state index contributed by atoms with van der Waals surface area (Å²) in [5, 5.41) is 9.11. The summed E-state index contributed by atoms with van der Waals surface area (Å²) < 4.78 is 0. The lowest BCUT2D eigenvalue weighted by Gasteiger charge is -2.24. The maximum Gasteiger partial charge on any atom is 0.345 e. The second kappa shape index (κ2) is 6.79. The number of likely N-dealkylation sites (tertiary alicyclic amines) is 1. The monoisotopic (exact) mass is 360 g/mol. The standard InChI is InChI=1S/C17H20N4O3S/c1-10-11(9-18-17(19-10)20(2)3)15(22)21-8-4-5-12(21)13-6-7-14(25-13)16(23)24/h6-7,9,12H,4-5,8H2,1-3H3,(H,23,24)/t12-/m1/s1. The average Bonchev–Trinajstić information content (AvgIpc) is 3.22. The second-order valence-corrected chi connectivity index (χ2v) is 7.34. The molecule has 0 saturated carbocycles. The number of aromatic carboxylic acids is 1. The summed E-state index contributed by atoms with van der Waals surface area (Å²) in [4.78, 5) is 37.5. The molecule has 2 aromatic heterocycles. The van der Waals surface area contributed by atoms with Gasteiger partial charge in [-0.2, -0.15) is 0 Å². The van der Waals surface area contributed by atoms with Gasteiger partial charge in [0.25, 0.3) is 5.91 Å². The number of carbonyl (C=O) groups is 2. The van der Waals surface area contributed by atoms with Gasteiger partial charge in [-0.3, -0.25) is 4.79 Å². The predicted octanol–water partition coefficient (Wildman–Crippen LogP) is 2.59. The molecule has 1 saturated heterocycles. The molecule has 0 bridgehead atoms. The number of carboxylic acid groups (broad SMARTS) is 1. The van der Waals surface area contributed by atoms with Gasteiger partial charge >= 0.3 is 5.97 Å². The minimum atomic E-state index is -0.935. The van der Waals surface area contributed by atoms with Gasteiger partial charge in [0.15, 0.2) is 0 Å². The highest BCUT2D eigenvalue weighted by Gasteiger charge is 2.33. The second-order valence-electron chi connectivity index (χ2n) is 6.23. The minimum Gasteiger partial charge on any atom is -0.477 e. The van der Waals surface area contributed by atoms with Gasteiger partial charge in [0.2, 0.25) is 5.95 Å². The topological polar surface area (TPSA) is 86.6 Å². The first-order valence-electron chi connectivity index (χ1n) is 8.03. The molecule has 1 aliphatic heterocycles. The molecule has 1 aliphatic rings. The lowest BCUT2D eigenvalue weighted by atomic mass is 10.1. The van der Waals surface area contributed by atoms with Crippen LogP contribution in [0.3, 0.4) is 0 Å². The lowest BCUT2D eigenvalue weighted by Crippen LogP contribution is -2.31. The van der Waals surface area contributed by atoms with Crippen molar-refractivity contribution in [2.24, 2.45) is 0 Å². The van der Waals surface area contributed by atoms with Crippen molar-refractivity contribution in [1.82, 2.24) is 14.9 Å². The largest absolute Gasteiger partial charge is 0.477 e. The van der Waals surface area contributed by atoms with E-state index in [9.17, 15) is 9.59 Å². The SMILES string of the molecule is Cc1nc(N(C)C)ncc1C(=O)N1CCC[C@@H]1c1ccc(C(=O)O)s1. The van der Waals surface area contributed by atoms with Crippen molar-refractivity contribution in [2.75, 3.05) is 25.5 Å². The Balaban J connectivity index is 1.86. The van der Waals surface area contributed by atoms with Crippen LogP contribution >= 0.6 is 11.3 Å².